The third-order valence-corrected chi connectivity index (χ3v) is 4.52. The van der Waals surface area contributed by atoms with Crippen LogP contribution in [0.25, 0.3) is 11.5 Å². The number of hydrogen-bond donors (Lipinski definition) is 0. The molecular formula is C19H17N3OS. The fourth-order valence-electron chi connectivity index (χ4n) is 2.33. The third-order valence-electron chi connectivity index (χ3n) is 3.60. The topological polar surface area (TPSA) is 62.7 Å². The molecule has 0 amide bonds. The quantitative estimate of drug-likeness (QED) is 0.639. The van der Waals surface area contributed by atoms with Crippen LogP contribution < -0.4 is 0 Å². The average molecular weight is 335 g/mol. The number of aryl methyl sites for hydroxylation is 2. The maximum Gasteiger partial charge on any atom is 0.278 e. The molecule has 0 N–H and O–H groups in total. The van der Waals surface area contributed by atoms with Crippen LogP contribution in [0.5, 0.6) is 0 Å². The lowest BCUT2D eigenvalue weighted by molar-refractivity contribution is 0.465. The van der Waals surface area contributed by atoms with E-state index in [9.17, 15) is 5.26 Å². The van der Waals surface area contributed by atoms with Crippen LogP contribution >= 0.6 is 11.8 Å². The maximum absolute atomic E-state index is 9.40. The molecule has 2 aromatic carbocycles. The Kier molecular flexibility index (Phi) is 4.97. The normalized spacial score (nSPS) is 11.9. The number of aromatic nitrogens is 2. The van der Waals surface area contributed by atoms with Crippen molar-refractivity contribution in [3.63, 3.8) is 0 Å². The van der Waals surface area contributed by atoms with Crippen LogP contribution in [0.4, 0.5) is 0 Å². The number of benzene rings is 2. The van der Waals surface area contributed by atoms with Crippen LogP contribution in [0.2, 0.25) is 0 Å². The zero-order chi connectivity index (χ0) is 16.9. The average Bonchev–Trinajstić information content (AvgIpc) is 3.05. The molecule has 24 heavy (non-hydrogen) atoms. The second kappa shape index (κ2) is 7.33. The first-order valence-electron chi connectivity index (χ1n) is 7.66. The van der Waals surface area contributed by atoms with Gasteiger partial charge in [-0.25, -0.2) is 0 Å². The summed E-state index contributed by atoms with van der Waals surface area (Å²) in [6, 6.07) is 18.4. The Bertz CT molecular complexity index is 865. The maximum atomic E-state index is 9.40. The van der Waals surface area contributed by atoms with Crippen molar-refractivity contribution in [2.45, 2.75) is 30.7 Å². The monoisotopic (exact) mass is 335 g/mol. The predicted molar refractivity (Wildman–Crippen MR) is 94.6 cm³/mol. The molecule has 5 heteroatoms. The van der Waals surface area contributed by atoms with E-state index < -0.39 is 0 Å². The molecule has 3 aromatic rings. The molecule has 0 saturated heterocycles. The molecule has 0 unspecified atom stereocenters. The number of nitrogens with zero attached hydrogens (tertiary/aromatic N) is 3. The predicted octanol–water partition coefficient (Wildman–Crippen LogP) is 4.58. The van der Waals surface area contributed by atoms with Gasteiger partial charge in [0.25, 0.3) is 5.22 Å². The van der Waals surface area contributed by atoms with Gasteiger partial charge in [0.15, 0.2) is 0 Å². The highest BCUT2D eigenvalue weighted by Crippen LogP contribution is 2.28. The van der Waals surface area contributed by atoms with Crippen LogP contribution in [0.3, 0.4) is 0 Å². The highest BCUT2D eigenvalue weighted by atomic mass is 32.2. The number of thioether (sulfide) groups is 1. The van der Waals surface area contributed by atoms with Crippen LogP contribution in [-0.4, -0.2) is 15.4 Å². The molecule has 3 rings (SSSR count). The molecule has 0 spiro atoms. The SMILES string of the molecule is Cc1ccc(C[C@H](C#N)Sc2nnc(-c3cccc(C)c3)o2)cc1. The van der Waals surface area contributed by atoms with Gasteiger partial charge in [-0.1, -0.05) is 47.5 Å². The lowest BCUT2D eigenvalue weighted by Gasteiger charge is -2.06. The fraction of sp³-hybridized carbons (Fsp3) is 0.211. The van der Waals surface area contributed by atoms with Crippen molar-refractivity contribution in [1.29, 1.82) is 5.26 Å². The van der Waals surface area contributed by atoms with Crippen molar-refractivity contribution < 1.29 is 4.42 Å². The van der Waals surface area contributed by atoms with E-state index in [2.05, 4.69) is 28.4 Å². The minimum atomic E-state index is -0.265. The molecule has 0 aliphatic heterocycles. The summed E-state index contributed by atoms with van der Waals surface area (Å²) in [4.78, 5) is 0. The van der Waals surface area contributed by atoms with Crippen molar-refractivity contribution in [2.24, 2.45) is 0 Å². The molecule has 0 aliphatic rings. The fourth-order valence-corrected chi connectivity index (χ4v) is 3.11. The summed E-state index contributed by atoms with van der Waals surface area (Å²) in [7, 11) is 0. The molecule has 0 fully saturated rings. The Morgan fingerprint density at radius 1 is 1.08 bits per heavy atom. The zero-order valence-electron chi connectivity index (χ0n) is 13.6. The summed E-state index contributed by atoms with van der Waals surface area (Å²) in [6.07, 6.45) is 0.642. The number of hydrogen-bond acceptors (Lipinski definition) is 5. The van der Waals surface area contributed by atoms with E-state index in [1.54, 1.807) is 0 Å². The van der Waals surface area contributed by atoms with Gasteiger partial charge in [-0.15, -0.1) is 10.2 Å². The first kappa shape index (κ1) is 16.3. The molecule has 0 radical (unpaired) electrons. The summed E-state index contributed by atoms with van der Waals surface area (Å²) in [6.45, 7) is 4.06. The summed E-state index contributed by atoms with van der Waals surface area (Å²) in [5.74, 6) is 0.480. The second-order valence-corrected chi connectivity index (χ2v) is 6.82. The molecule has 120 valence electrons. The van der Waals surface area contributed by atoms with E-state index in [1.165, 1.54) is 17.3 Å². The molecule has 4 nitrogen and oxygen atoms in total. The van der Waals surface area contributed by atoms with Crippen molar-refractivity contribution in [3.05, 3.63) is 65.2 Å². The van der Waals surface area contributed by atoms with Gasteiger partial charge in [0.2, 0.25) is 5.89 Å². The van der Waals surface area contributed by atoms with Gasteiger partial charge in [0.1, 0.15) is 5.25 Å². The Labute approximate surface area is 145 Å². The van der Waals surface area contributed by atoms with E-state index in [0.717, 1.165) is 16.7 Å². The van der Waals surface area contributed by atoms with Gasteiger partial charge in [-0.2, -0.15) is 5.26 Å². The van der Waals surface area contributed by atoms with Gasteiger partial charge >= 0.3 is 0 Å². The first-order chi connectivity index (χ1) is 11.6. The second-order valence-electron chi connectivity index (χ2n) is 5.67. The minimum absolute atomic E-state index is 0.265. The zero-order valence-corrected chi connectivity index (χ0v) is 14.4. The lowest BCUT2D eigenvalue weighted by atomic mass is 10.1. The Morgan fingerprint density at radius 2 is 1.88 bits per heavy atom. The van der Waals surface area contributed by atoms with Crippen LogP contribution in [-0.2, 0) is 6.42 Å². The van der Waals surface area contributed by atoms with Crippen LogP contribution in [0.15, 0.2) is 58.2 Å². The van der Waals surface area contributed by atoms with Gasteiger partial charge in [-0.05, 0) is 49.7 Å². The molecule has 0 aliphatic carbocycles. The van der Waals surface area contributed by atoms with Crippen molar-refractivity contribution in [2.75, 3.05) is 0 Å². The van der Waals surface area contributed by atoms with Crippen molar-refractivity contribution in [3.8, 4) is 17.5 Å². The highest BCUT2D eigenvalue weighted by molar-refractivity contribution is 7.99. The molecule has 1 aromatic heterocycles. The third kappa shape index (κ3) is 4.03. The summed E-state index contributed by atoms with van der Waals surface area (Å²) < 4.78 is 5.70. The Morgan fingerprint density at radius 3 is 2.58 bits per heavy atom. The molecule has 1 atom stereocenters. The van der Waals surface area contributed by atoms with Gasteiger partial charge in [0.05, 0.1) is 6.07 Å². The highest BCUT2D eigenvalue weighted by Gasteiger charge is 2.16. The number of nitriles is 1. The Hall–Kier alpha value is -2.58. The van der Waals surface area contributed by atoms with Crippen LogP contribution in [0, 0.1) is 25.2 Å². The minimum Gasteiger partial charge on any atom is -0.411 e. The smallest absolute Gasteiger partial charge is 0.278 e. The van der Waals surface area contributed by atoms with Crippen molar-refractivity contribution in [1.82, 2.24) is 10.2 Å². The lowest BCUT2D eigenvalue weighted by Crippen LogP contribution is -2.03. The van der Waals surface area contributed by atoms with Gasteiger partial charge < -0.3 is 4.42 Å². The molecule has 1 heterocycles. The van der Waals surface area contributed by atoms with Crippen LogP contribution in [0.1, 0.15) is 16.7 Å². The van der Waals surface area contributed by atoms with E-state index >= 15 is 0 Å². The summed E-state index contributed by atoms with van der Waals surface area (Å²) in [5.41, 5.74) is 4.35. The molecular weight excluding hydrogens is 318 g/mol. The first-order valence-corrected chi connectivity index (χ1v) is 8.54. The Balaban J connectivity index is 1.70. The molecule has 0 saturated carbocycles. The van der Waals surface area contributed by atoms with Crippen molar-refractivity contribution >= 4 is 11.8 Å². The van der Waals surface area contributed by atoms with Gasteiger partial charge in [0, 0.05) is 5.56 Å². The van der Waals surface area contributed by atoms with E-state index in [0.29, 0.717) is 17.5 Å². The molecule has 0 bridgehead atoms. The largest absolute Gasteiger partial charge is 0.411 e. The van der Waals surface area contributed by atoms with Gasteiger partial charge in [-0.3, -0.25) is 0 Å². The number of rotatable bonds is 5. The standard InChI is InChI=1S/C19H17N3OS/c1-13-6-8-15(9-7-13)11-17(12-20)24-19-22-21-18(23-19)16-5-3-4-14(2)10-16/h3-10,17H,11H2,1-2H3/t17-/m1/s1. The summed E-state index contributed by atoms with van der Waals surface area (Å²) in [5, 5.41) is 17.7. The summed E-state index contributed by atoms with van der Waals surface area (Å²) >= 11 is 1.31. The van der Waals surface area contributed by atoms with E-state index in [-0.39, 0.29) is 5.25 Å². The van der Waals surface area contributed by atoms with E-state index in [1.807, 2.05) is 50.2 Å². The van der Waals surface area contributed by atoms with E-state index in [4.69, 9.17) is 4.42 Å².